The maximum absolute atomic E-state index is 5.57. The second kappa shape index (κ2) is 8.77. The summed E-state index contributed by atoms with van der Waals surface area (Å²) in [5.41, 5.74) is 5.57. The summed E-state index contributed by atoms with van der Waals surface area (Å²) >= 11 is 0. The van der Waals surface area contributed by atoms with Gasteiger partial charge in [0.1, 0.15) is 0 Å². The molecule has 14 heavy (non-hydrogen) atoms. The topological polar surface area (TPSA) is 68.9 Å². The standard InChI is InChI=1S/C9H21N3O2/c1-8(2)12-9(10)11-4-5-14-7-6-13-3/h8H,4-7H2,1-3H3,(H3,10,11,12). The van der Waals surface area contributed by atoms with E-state index in [1.54, 1.807) is 7.11 Å². The fourth-order valence-corrected chi connectivity index (χ4v) is 0.816. The molecular weight excluding hydrogens is 182 g/mol. The molecule has 0 amide bonds. The molecule has 0 heterocycles. The van der Waals surface area contributed by atoms with Gasteiger partial charge in [-0.2, -0.15) is 0 Å². The number of hydrogen-bond donors (Lipinski definition) is 2. The molecule has 0 aromatic heterocycles. The minimum absolute atomic E-state index is 0.313. The summed E-state index contributed by atoms with van der Waals surface area (Å²) in [6.07, 6.45) is 0. The molecule has 0 atom stereocenters. The number of nitrogens with two attached hydrogens (primary N) is 1. The Labute approximate surface area is 85.7 Å². The van der Waals surface area contributed by atoms with Crippen LogP contribution in [0, 0.1) is 0 Å². The van der Waals surface area contributed by atoms with Gasteiger partial charge in [-0.25, -0.2) is 0 Å². The molecule has 3 N–H and O–H groups in total. The van der Waals surface area contributed by atoms with E-state index in [2.05, 4.69) is 10.3 Å². The molecule has 0 aromatic carbocycles. The normalized spacial score (nSPS) is 12.1. The molecule has 0 aliphatic heterocycles. The fraction of sp³-hybridized carbons (Fsp3) is 0.889. The molecule has 5 nitrogen and oxygen atoms in total. The van der Waals surface area contributed by atoms with Crippen LogP contribution in [0.15, 0.2) is 4.99 Å². The third-order valence-electron chi connectivity index (χ3n) is 1.39. The van der Waals surface area contributed by atoms with Crippen molar-refractivity contribution in [2.45, 2.75) is 19.9 Å². The van der Waals surface area contributed by atoms with Crippen LogP contribution in [0.2, 0.25) is 0 Å². The molecule has 0 radical (unpaired) electrons. The number of ether oxygens (including phenoxy) is 2. The highest BCUT2D eigenvalue weighted by molar-refractivity contribution is 5.77. The first-order chi connectivity index (χ1) is 6.66. The predicted octanol–water partition coefficient (Wildman–Crippen LogP) is -0.0379. The lowest BCUT2D eigenvalue weighted by Crippen LogP contribution is -2.37. The van der Waals surface area contributed by atoms with Gasteiger partial charge in [-0.3, -0.25) is 4.99 Å². The van der Waals surface area contributed by atoms with Crippen molar-refractivity contribution >= 4 is 5.96 Å². The van der Waals surface area contributed by atoms with Crippen molar-refractivity contribution in [3.8, 4) is 0 Å². The number of nitrogens with one attached hydrogen (secondary N) is 1. The van der Waals surface area contributed by atoms with E-state index in [1.165, 1.54) is 0 Å². The van der Waals surface area contributed by atoms with Crippen molar-refractivity contribution in [3.63, 3.8) is 0 Å². The van der Waals surface area contributed by atoms with Gasteiger partial charge in [0.15, 0.2) is 5.96 Å². The number of hydrogen-bond acceptors (Lipinski definition) is 3. The highest BCUT2D eigenvalue weighted by Crippen LogP contribution is 1.79. The summed E-state index contributed by atoms with van der Waals surface area (Å²) in [6.45, 7) is 6.39. The molecule has 5 heteroatoms. The van der Waals surface area contributed by atoms with E-state index in [1.807, 2.05) is 13.8 Å². The quantitative estimate of drug-likeness (QED) is 0.346. The molecule has 0 saturated carbocycles. The Balaban J connectivity index is 3.32. The zero-order valence-electron chi connectivity index (χ0n) is 9.25. The Hall–Kier alpha value is -0.810. The lowest BCUT2D eigenvalue weighted by molar-refractivity contribution is 0.0748. The summed E-state index contributed by atoms with van der Waals surface area (Å²) in [5.74, 6) is 0.468. The van der Waals surface area contributed by atoms with Crippen LogP contribution in [0.4, 0.5) is 0 Å². The number of aliphatic imine (C=N–C) groups is 1. The highest BCUT2D eigenvalue weighted by atomic mass is 16.5. The number of methoxy groups -OCH3 is 1. The average Bonchev–Trinajstić information content (AvgIpc) is 2.10. The van der Waals surface area contributed by atoms with E-state index >= 15 is 0 Å². The van der Waals surface area contributed by atoms with E-state index in [4.69, 9.17) is 15.2 Å². The smallest absolute Gasteiger partial charge is 0.188 e. The summed E-state index contributed by atoms with van der Waals surface area (Å²) in [4.78, 5) is 4.08. The van der Waals surface area contributed by atoms with Crippen molar-refractivity contribution in [2.75, 3.05) is 33.5 Å². The molecular formula is C9H21N3O2. The van der Waals surface area contributed by atoms with Crippen LogP contribution in [0.1, 0.15) is 13.8 Å². The molecule has 0 unspecified atom stereocenters. The van der Waals surface area contributed by atoms with Gasteiger partial charge in [-0.1, -0.05) is 0 Å². The second-order valence-electron chi connectivity index (χ2n) is 3.17. The lowest BCUT2D eigenvalue weighted by Gasteiger charge is -2.08. The Morgan fingerprint density at radius 3 is 2.64 bits per heavy atom. The zero-order valence-corrected chi connectivity index (χ0v) is 9.25. The molecule has 0 aliphatic rings. The number of guanidine groups is 1. The minimum atomic E-state index is 0.313. The largest absolute Gasteiger partial charge is 0.382 e. The molecule has 0 aliphatic carbocycles. The summed E-state index contributed by atoms with van der Waals surface area (Å²) in [5, 5.41) is 2.99. The van der Waals surface area contributed by atoms with E-state index in [0.717, 1.165) is 0 Å². The summed E-state index contributed by atoms with van der Waals surface area (Å²) < 4.78 is 10.0. The van der Waals surface area contributed by atoms with Crippen LogP contribution in [0.5, 0.6) is 0 Å². The molecule has 0 saturated heterocycles. The van der Waals surface area contributed by atoms with Gasteiger partial charge in [-0.15, -0.1) is 0 Å². The molecule has 84 valence electrons. The maximum atomic E-state index is 5.57. The highest BCUT2D eigenvalue weighted by Gasteiger charge is 1.93. The van der Waals surface area contributed by atoms with E-state index in [9.17, 15) is 0 Å². The van der Waals surface area contributed by atoms with Crippen molar-refractivity contribution < 1.29 is 9.47 Å². The van der Waals surface area contributed by atoms with Crippen LogP contribution in [-0.2, 0) is 9.47 Å². The molecule has 0 spiro atoms. The van der Waals surface area contributed by atoms with E-state index in [-0.39, 0.29) is 0 Å². The monoisotopic (exact) mass is 203 g/mol. The molecule has 0 rings (SSSR count). The van der Waals surface area contributed by atoms with Crippen molar-refractivity contribution in [1.29, 1.82) is 0 Å². The van der Waals surface area contributed by atoms with Crippen molar-refractivity contribution in [2.24, 2.45) is 10.7 Å². The first kappa shape index (κ1) is 13.2. The Morgan fingerprint density at radius 1 is 1.36 bits per heavy atom. The van der Waals surface area contributed by atoms with Gasteiger partial charge in [0.2, 0.25) is 0 Å². The van der Waals surface area contributed by atoms with E-state index in [0.29, 0.717) is 38.4 Å². The third-order valence-corrected chi connectivity index (χ3v) is 1.39. The van der Waals surface area contributed by atoms with E-state index < -0.39 is 0 Å². The number of rotatable bonds is 7. The molecule has 0 bridgehead atoms. The van der Waals surface area contributed by atoms with Crippen LogP contribution in [0.3, 0.4) is 0 Å². The third kappa shape index (κ3) is 9.28. The summed E-state index contributed by atoms with van der Waals surface area (Å²) in [7, 11) is 1.64. The first-order valence-electron chi connectivity index (χ1n) is 4.80. The van der Waals surface area contributed by atoms with Gasteiger partial charge in [0, 0.05) is 13.2 Å². The maximum Gasteiger partial charge on any atom is 0.188 e. The van der Waals surface area contributed by atoms with Gasteiger partial charge >= 0.3 is 0 Å². The van der Waals surface area contributed by atoms with Crippen molar-refractivity contribution in [3.05, 3.63) is 0 Å². The average molecular weight is 203 g/mol. The van der Waals surface area contributed by atoms with Gasteiger partial charge in [0.25, 0.3) is 0 Å². The minimum Gasteiger partial charge on any atom is -0.382 e. The number of nitrogens with zero attached hydrogens (tertiary/aromatic N) is 1. The van der Waals surface area contributed by atoms with Crippen molar-refractivity contribution in [1.82, 2.24) is 5.32 Å². The lowest BCUT2D eigenvalue weighted by atomic mass is 10.4. The van der Waals surface area contributed by atoms with Crippen LogP contribution >= 0.6 is 0 Å². The van der Waals surface area contributed by atoms with Gasteiger partial charge in [0.05, 0.1) is 26.4 Å². The first-order valence-corrected chi connectivity index (χ1v) is 4.80. The van der Waals surface area contributed by atoms with Gasteiger partial charge in [-0.05, 0) is 13.8 Å². The van der Waals surface area contributed by atoms with Crippen LogP contribution in [0.25, 0.3) is 0 Å². The SMILES string of the molecule is COCCOCCN=C(N)NC(C)C. The van der Waals surface area contributed by atoms with Crippen LogP contribution < -0.4 is 11.1 Å². The second-order valence-corrected chi connectivity index (χ2v) is 3.17. The molecule has 0 fully saturated rings. The van der Waals surface area contributed by atoms with Crippen LogP contribution in [-0.4, -0.2) is 45.5 Å². The fourth-order valence-electron chi connectivity index (χ4n) is 0.816. The van der Waals surface area contributed by atoms with Gasteiger partial charge < -0.3 is 20.5 Å². The Bertz CT molecular complexity index is 160. The zero-order chi connectivity index (χ0) is 10.8. The Kier molecular flexibility index (Phi) is 8.27. The predicted molar refractivity (Wildman–Crippen MR) is 57.5 cm³/mol. The summed E-state index contributed by atoms with van der Waals surface area (Å²) in [6, 6.07) is 0.313. The Morgan fingerprint density at radius 2 is 2.07 bits per heavy atom. The molecule has 0 aromatic rings.